The Bertz CT molecular complexity index is 693. The van der Waals surface area contributed by atoms with Crippen LogP contribution in [0.2, 0.25) is 0 Å². The summed E-state index contributed by atoms with van der Waals surface area (Å²) in [4.78, 5) is 0. The topological polar surface area (TPSA) is 0 Å². The first-order chi connectivity index (χ1) is 7.40. The largest absolute Gasteiger partial charge is 0.120 e. The van der Waals surface area contributed by atoms with Crippen molar-refractivity contribution in [2.75, 3.05) is 0 Å². The Kier molecular flexibility index (Phi) is 1.65. The van der Waals surface area contributed by atoms with Crippen LogP contribution < -0.4 is 5.22 Å². The Labute approximate surface area is 88.1 Å². The zero-order valence-corrected chi connectivity index (χ0v) is 8.33. The van der Waals surface area contributed by atoms with E-state index in [1.807, 2.05) is 0 Å². The first-order valence-corrected chi connectivity index (χ1v) is 5.00. The van der Waals surface area contributed by atoms with Gasteiger partial charge in [0.25, 0.3) is 0 Å². The molecule has 0 saturated heterocycles. The molecule has 0 bridgehead atoms. The van der Waals surface area contributed by atoms with Crippen molar-refractivity contribution < 1.29 is 0 Å². The van der Waals surface area contributed by atoms with E-state index in [0.29, 0.717) is 0 Å². The van der Waals surface area contributed by atoms with E-state index >= 15 is 0 Å². The third-order valence-electron chi connectivity index (χ3n) is 2.85. The van der Waals surface area contributed by atoms with Crippen LogP contribution in [0.25, 0.3) is 27.3 Å². The molecule has 0 saturated carbocycles. The van der Waals surface area contributed by atoms with Crippen molar-refractivity contribution in [3.63, 3.8) is 0 Å². The first kappa shape index (κ1) is 8.28. The number of hydrogen-bond donors (Lipinski definition) is 0. The fraction of sp³-hybridized carbons (Fsp3) is 0. The van der Waals surface area contributed by atoms with E-state index in [-0.39, 0.29) is 0 Å². The van der Waals surface area contributed by atoms with Crippen LogP contribution in [0.3, 0.4) is 0 Å². The van der Waals surface area contributed by atoms with E-state index in [0.717, 1.165) is 5.22 Å². The molecule has 0 aliphatic rings. The zero-order valence-electron chi connectivity index (χ0n) is 8.33. The number of rotatable bonds is 0. The molecule has 0 atom stereocenters. The minimum atomic E-state index is 1.08. The third kappa shape index (κ3) is 1.09. The summed E-state index contributed by atoms with van der Waals surface area (Å²) in [6.45, 7) is 3.73. The average molecular weight is 190 g/mol. The minimum absolute atomic E-state index is 1.08. The zero-order chi connectivity index (χ0) is 10.3. The van der Waals surface area contributed by atoms with Gasteiger partial charge >= 0.3 is 0 Å². The summed E-state index contributed by atoms with van der Waals surface area (Å²) in [6.07, 6.45) is 0. The molecular weight excluding hydrogens is 180 g/mol. The molecule has 0 N–H and O–H groups in total. The lowest BCUT2D eigenvalue weighted by atomic mass is 10.00. The third-order valence-corrected chi connectivity index (χ3v) is 2.85. The standard InChI is InChI=1S/C15H10/c1-2-11-9-10-13-6-3-5-12-7-4-8-14(11)15(12)13/h3-10H,1H2. The van der Waals surface area contributed by atoms with Crippen LogP contribution in [0.15, 0.2) is 55.1 Å². The Morgan fingerprint density at radius 1 is 0.800 bits per heavy atom. The fourth-order valence-electron chi connectivity index (χ4n) is 2.15. The fourth-order valence-corrected chi connectivity index (χ4v) is 2.15. The molecule has 3 rings (SSSR count). The second-order valence-electron chi connectivity index (χ2n) is 3.67. The summed E-state index contributed by atoms with van der Waals surface area (Å²) >= 11 is 0. The molecular formula is C15H10. The van der Waals surface area contributed by atoms with E-state index in [9.17, 15) is 0 Å². The van der Waals surface area contributed by atoms with Crippen LogP contribution in [0, 0.1) is 0 Å². The summed E-state index contributed by atoms with van der Waals surface area (Å²) < 4.78 is 0. The number of benzene rings is 3. The van der Waals surface area contributed by atoms with Gasteiger partial charge in [0.15, 0.2) is 0 Å². The van der Waals surface area contributed by atoms with E-state index < -0.39 is 0 Å². The smallest absolute Gasteiger partial charge is 0.0237 e. The Morgan fingerprint density at radius 3 is 2.20 bits per heavy atom. The predicted octanol–water partition coefficient (Wildman–Crippen LogP) is 3.28. The lowest BCUT2D eigenvalue weighted by Gasteiger charge is -2.04. The van der Waals surface area contributed by atoms with Crippen molar-refractivity contribution in [2.24, 2.45) is 0 Å². The van der Waals surface area contributed by atoms with Crippen molar-refractivity contribution >= 4 is 27.3 Å². The molecule has 15 heavy (non-hydrogen) atoms. The first-order valence-electron chi connectivity index (χ1n) is 5.00. The molecule has 0 heterocycles. The highest BCUT2D eigenvalue weighted by Gasteiger charge is 2.00. The van der Waals surface area contributed by atoms with Gasteiger partial charge in [-0.05, 0) is 27.6 Å². The van der Waals surface area contributed by atoms with Crippen LogP contribution in [0.5, 0.6) is 0 Å². The Morgan fingerprint density at radius 2 is 1.47 bits per heavy atom. The van der Waals surface area contributed by atoms with E-state index in [1.54, 1.807) is 0 Å². The maximum absolute atomic E-state index is 3.73. The summed E-state index contributed by atoms with van der Waals surface area (Å²) in [6, 6.07) is 16.9. The molecule has 3 aromatic rings. The van der Waals surface area contributed by atoms with Crippen LogP contribution in [0.1, 0.15) is 0 Å². The van der Waals surface area contributed by atoms with Gasteiger partial charge in [0.1, 0.15) is 0 Å². The molecule has 0 aliphatic carbocycles. The SMILES string of the molecule is C=C=c1ccc2cccc3cccc1c32. The second-order valence-corrected chi connectivity index (χ2v) is 3.67. The Hall–Kier alpha value is -2.04. The molecule has 0 fully saturated rings. The summed E-state index contributed by atoms with van der Waals surface area (Å²) in [5, 5.41) is 6.19. The molecule has 0 amide bonds. The van der Waals surface area contributed by atoms with Gasteiger partial charge in [-0.1, -0.05) is 49.0 Å². The van der Waals surface area contributed by atoms with E-state index in [2.05, 4.69) is 60.8 Å². The molecule has 0 radical (unpaired) electrons. The number of hydrogen-bond acceptors (Lipinski definition) is 0. The van der Waals surface area contributed by atoms with Gasteiger partial charge in [-0.3, -0.25) is 0 Å². The van der Waals surface area contributed by atoms with Crippen molar-refractivity contribution in [1.82, 2.24) is 0 Å². The van der Waals surface area contributed by atoms with E-state index in [4.69, 9.17) is 0 Å². The molecule has 70 valence electrons. The van der Waals surface area contributed by atoms with Crippen molar-refractivity contribution in [2.45, 2.75) is 0 Å². The summed E-state index contributed by atoms with van der Waals surface area (Å²) in [7, 11) is 0. The highest BCUT2D eigenvalue weighted by Crippen LogP contribution is 2.23. The monoisotopic (exact) mass is 190 g/mol. The normalized spacial score (nSPS) is 10.7. The molecule has 3 aromatic carbocycles. The molecule has 0 heteroatoms. The molecule has 0 nitrogen and oxygen atoms in total. The summed E-state index contributed by atoms with van der Waals surface area (Å²) in [5.74, 6) is 0. The minimum Gasteiger partial charge on any atom is -0.120 e. The van der Waals surface area contributed by atoms with Gasteiger partial charge in [0.2, 0.25) is 0 Å². The predicted molar refractivity (Wildman–Crippen MR) is 65.7 cm³/mol. The van der Waals surface area contributed by atoms with Crippen LogP contribution >= 0.6 is 0 Å². The summed E-state index contributed by atoms with van der Waals surface area (Å²) in [5.41, 5.74) is 2.98. The van der Waals surface area contributed by atoms with Crippen molar-refractivity contribution in [3.8, 4) is 0 Å². The second kappa shape index (κ2) is 2.98. The Balaban J connectivity index is 2.80. The molecule has 0 aromatic heterocycles. The van der Waals surface area contributed by atoms with Crippen molar-refractivity contribution in [1.29, 1.82) is 0 Å². The molecule has 0 unspecified atom stereocenters. The maximum Gasteiger partial charge on any atom is 0.0237 e. The van der Waals surface area contributed by atoms with Gasteiger partial charge in [-0.15, -0.1) is 5.73 Å². The molecule has 0 spiro atoms. The highest BCUT2D eigenvalue weighted by molar-refractivity contribution is 6.10. The highest BCUT2D eigenvalue weighted by atomic mass is 14.0. The maximum atomic E-state index is 3.73. The van der Waals surface area contributed by atoms with Crippen LogP contribution in [-0.4, -0.2) is 0 Å². The van der Waals surface area contributed by atoms with Gasteiger partial charge in [-0.2, -0.15) is 0 Å². The van der Waals surface area contributed by atoms with Gasteiger partial charge < -0.3 is 0 Å². The van der Waals surface area contributed by atoms with Gasteiger partial charge in [-0.25, -0.2) is 0 Å². The lowest BCUT2D eigenvalue weighted by Crippen LogP contribution is -1.99. The van der Waals surface area contributed by atoms with Crippen LogP contribution in [0.4, 0.5) is 0 Å². The van der Waals surface area contributed by atoms with Gasteiger partial charge in [0, 0.05) is 5.22 Å². The van der Waals surface area contributed by atoms with Crippen molar-refractivity contribution in [3.05, 3.63) is 60.3 Å². The quantitative estimate of drug-likeness (QED) is 0.510. The van der Waals surface area contributed by atoms with Crippen LogP contribution in [-0.2, 0) is 0 Å². The van der Waals surface area contributed by atoms with E-state index in [1.165, 1.54) is 21.5 Å². The average Bonchev–Trinajstić information content (AvgIpc) is 2.30. The van der Waals surface area contributed by atoms with Gasteiger partial charge in [0.05, 0.1) is 0 Å². The lowest BCUT2D eigenvalue weighted by molar-refractivity contribution is 1.71. The molecule has 0 aliphatic heterocycles.